The molecule has 25 heavy (non-hydrogen) atoms. The molecule has 0 aromatic carbocycles. The third-order valence-corrected chi connectivity index (χ3v) is 2.88. The number of carbonyl (C=O) groups excluding carboxylic acids is 2. The summed E-state index contributed by atoms with van der Waals surface area (Å²) in [6, 6.07) is -3.03. The van der Waals surface area contributed by atoms with Gasteiger partial charge < -0.3 is 31.1 Å². The zero-order valence-corrected chi connectivity index (χ0v) is 12.9. The molecule has 6 N–H and O–H groups in total. The van der Waals surface area contributed by atoms with Gasteiger partial charge in [-0.15, -0.1) is 0 Å². The van der Waals surface area contributed by atoms with Crippen LogP contribution in [-0.2, 0) is 28.8 Å². The number of hydrogen-bond donors (Lipinski definition) is 6. The lowest BCUT2D eigenvalue weighted by Crippen LogP contribution is -2.45. The smallest absolute Gasteiger partial charge is 0.326 e. The summed E-state index contributed by atoms with van der Waals surface area (Å²) in [5, 5.41) is 38.6. The monoisotopic (exact) mass is 362 g/mol. The van der Waals surface area contributed by atoms with E-state index in [2.05, 4.69) is 0 Å². The molecule has 2 amide bonds. The molecule has 0 aromatic heterocycles. The predicted molar refractivity (Wildman–Crippen MR) is 77.5 cm³/mol. The van der Waals surface area contributed by atoms with Gasteiger partial charge in [0.1, 0.15) is 18.5 Å². The highest BCUT2D eigenvalue weighted by atomic mass is 16.4. The van der Waals surface area contributed by atoms with Gasteiger partial charge in [-0.3, -0.25) is 19.2 Å². The first kappa shape index (κ1) is 21.8. The average Bonchev–Trinajstić information content (AvgIpc) is 2.46. The van der Waals surface area contributed by atoms with Crippen LogP contribution in [0.3, 0.4) is 0 Å². The predicted octanol–water partition coefficient (Wildman–Crippen LogP) is -1.76. The molecule has 0 unspecified atom stereocenters. The van der Waals surface area contributed by atoms with Crippen molar-refractivity contribution < 1.29 is 49.2 Å². The average molecular weight is 362 g/mol. The number of carboxylic acids is 4. The molecule has 12 heteroatoms. The van der Waals surface area contributed by atoms with Gasteiger partial charge >= 0.3 is 23.9 Å². The van der Waals surface area contributed by atoms with Gasteiger partial charge in [-0.05, 0) is 12.8 Å². The van der Waals surface area contributed by atoms with Crippen molar-refractivity contribution in [1.29, 1.82) is 0 Å². The maximum atomic E-state index is 11.6. The molecular weight excluding hydrogens is 344 g/mol. The third kappa shape index (κ3) is 10.3. The third-order valence-electron chi connectivity index (χ3n) is 2.88. The van der Waals surface area contributed by atoms with Gasteiger partial charge in [0.05, 0.1) is 0 Å². The van der Waals surface area contributed by atoms with Gasteiger partial charge in [-0.1, -0.05) is 0 Å². The highest BCUT2D eigenvalue weighted by Gasteiger charge is 2.25. The molecule has 0 aliphatic carbocycles. The molecule has 0 heterocycles. The fourth-order valence-corrected chi connectivity index (χ4v) is 1.69. The Morgan fingerprint density at radius 2 is 0.960 bits per heavy atom. The van der Waals surface area contributed by atoms with E-state index in [4.69, 9.17) is 20.4 Å². The van der Waals surface area contributed by atoms with Crippen molar-refractivity contribution in [3.05, 3.63) is 0 Å². The minimum atomic E-state index is -1.52. The second kappa shape index (κ2) is 10.6. The summed E-state index contributed by atoms with van der Waals surface area (Å²) in [6.45, 7) is 0. The number of carbonyl (C=O) groups is 6. The van der Waals surface area contributed by atoms with E-state index in [0.717, 1.165) is 0 Å². The second-order valence-electron chi connectivity index (χ2n) is 4.96. The maximum absolute atomic E-state index is 11.6. The Bertz CT molecular complexity index is 511. The first-order chi connectivity index (χ1) is 11.5. The molecule has 0 rings (SSSR count). The highest BCUT2D eigenvalue weighted by molar-refractivity contribution is 5.99. The molecule has 0 saturated carbocycles. The molecular formula is C13H18N2O10. The van der Waals surface area contributed by atoms with Crippen molar-refractivity contribution in [2.75, 3.05) is 0 Å². The van der Waals surface area contributed by atoms with Crippen LogP contribution in [0.15, 0.2) is 0 Å². The van der Waals surface area contributed by atoms with E-state index in [0.29, 0.717) is 0 Å². The molecule has 0 bridgehead atoms. The van der Waals surface area contributed by atoms with E-state index in [1.54, 1.807) is 0 Å². The number of hydrogen-bond acceptors (Lipinski definition) is 6. The van der Waals surface area contributed by atoms with Gasteiger partial charge in [0.25, 0.3) is 0 Å². The number of rotatable bonds is 12. The van der Waals surface area contributed by atoms with E-state index in [-0.39, 0.29) is 0 Å². The van der Waals surface area contributed by atoms with Crippen LogP contribution in [0.4, 0.5) is 0 Å². The maximum Gasteiger partial charge on any atom is 0.326 e. The summed E-state index contributed by atoms with van der Waals surface area (Å²) in [4.78, 5) is 65.9. The lowest BCUT2D eigenvalue weighted by molar-refractivity contribution is -0.144. The quantitative estimate of drug-likeness (QED) is 0.216. The van der Waals surface area contributed by atoms with Crippen LogP contribution in [-0.4, -0.2) is 68.2 Å². The molecule has 12 nitrogen and oxygen atoms in total. The van der Waals surface area contributed by atoms with Crippen molar-refractivity contribution >= 4 is 35.7 Å². The van der Waals surface area contributed by atoms with E-state index in [1.807, 2.05) is 10.6 Å². The SMILES string of the molecule is O=C(O)CC[C@H](NC(=O)CC(=O)N[C@H](CCC(=O)O)C(=O)O)C(=O)O. The Morgan fingerprint density at radius 1 is 0.640 bits per heavy atom. The highest BCUT2D eigenvalue weighted by Crippen LogP contribution is 2.01. The second-order valence-corrected chi connectivity index (χ2v) is 4.96. The van der Waals surface area contributed by atoms with E-state index in [9.17, 15) is 28.8 Å². The Balaban J connectivity index is 4.56. The zero-order valence-electron chi connectivity index (χ0n) is 12.9. The van der Waals surface area contributed by atoms with E-state index < -0.39 is 79.9 Å². The van der Waals surface area contributed by atoms with Crippen LogP contribution in [0.1, 0.15) is 32.1 Å². The van der Waals surface area contributed by atoms with E-state index >= 15 is 0 Å². The molecule has 0 spiro atoms. The van der Waals surface area contributed by atoms with Crippen molar-refractivity contribution in [3.63, 3.8) is 0 Å². The summed E-state index contributed by atoms with van der Waals surface area (Å²) in [5.41, 5.74) is 0. The fourth-order valence-electron chi connectivity index (χ4n) is 1.69. The van der Waals surface area contributed by atoms with Crippen LogP contribution >= 0.6 is 0 Å². The van der Waals surface area contributed by atoms with Crippen LogP contribution in [0.2, 0.25) is 0 Å². The van der Waals surface area contributed by atoms with Crippen molar-refractivity contribution in [2.24, 2.45) is 0 Å². The molecule has 0 aliphatic heterocycles. The van der Waals surface area contributed by atoms with Crippen molar-refractivity contribution in [1.82, 2.24) is 10.6 Å². The van der Waals surface area contributed by atoms with Crippen LogP contribution < -0.4 is 10.6 Å². The molecule has 0 fully saturated rings. The largest absolute Gasteiger partial charge is 0.481 e. The number of nitrogens with one attached hydrogen (secondary N) is 2. The number of carboxylic acid groups (broad SMARTS) is 4. The van der Waals surface area contributed by atoms with Crippen LogP contribution in [0, 0.1) is 0 Å². The summed E-state index contributed by atoms with van der Waals surface area (Å²) in [7, 11) is 0. The molecule has 0 radical (unpaired) electrons. The minimum Gasteiger partial charge on any atom is -0.481 e. The zero-order chi connectivity index (χ0) is 19.6. The van der Waals surface area contributed by atoms with Gasteiger partial charge in [0.15, 0.2) is 0 Å². The summed E-state index contributed by atoms with van der Waals surface area (Å²) < 4.78 is 0. The summed E-state index contributed by atoms with van der Waals surface area (Å²) >= 11 is 0. The van der Waals surface area contributed by atoms with Gasteiger partial charge in [0.2, 0.25) is 11.8 Å². The van der Waals surface area contributed by atoms with Crippen molar-refractivity contribution in [2.45, 2.75) is 44.2 Å². The molecule has 140 valence electrons. The fraction of sp³-hybridized carbons (Fsp3) is 0.538. The van der Waals surface area contributed by atoms with E-state index in [1.165, 1.54) is 0 Å². The Kier molecular flexibility index (Phi) is 9.22. The summed E-state index contributed by atoms with van der Waals surface area (Å²) in [5.74, 6) is -7.59. The molecule has 0 aliphatic rings. The first-order valence-corrected chi connectivity index (χ1v) is 7.00. The standard InChI is InChI=1S/C13H18N2O10/c16-8(14-6(12(22)23)1-3-10(18)19)5-9(17)15-7(13(24)25)2-4-11(20)21/h6-7H,1-5H2,(H,14,16)(H,15,17)(H,18,19)(H,20,21)(H,22,23)(H,24,25)/t6-,7+. The summed E-state index contributed by atoms with van der Waals surface area (Å²) in [6.07, 6.45) is -2.71. The normalized spacial score (nSPS) is 12.5. The Hall–Kier alpha value is -3.18. The topological polar surface area (TPSA) is 207 Å². The lowest BCUT2D eigenvalue weighted by Gasteiger charge is -2.15. The van der Waals surface area contributed by atoms with Gasteiger partial charge in [-0.25, -0.2) is 9.59 Å². The van der Waals surface area contributed by atoms with Crippen molar-refractivity contribution in [3.8, 4) is 0 Å². The van der Waals surface area contributed by atoms with Gasteiger partial charge in [0, 0.05) is 12.8 Å². The molecule has 0 aromatic rings. The Labute approximate surface area is 140 Å². The lowest BCUT2D eigenvalue weighted by atomic mass is 10.1. The minimum absolute atomic E-state index is 0.394. The first-order valence-electron chi connectivity index (χ1n) is 7.00. The van der Waals surface area contributed by atoms with Crippen LogP contribution in [0.5, 0.6) is 0 Å². The van der Waals surface area contributed by atoms with Crippen LogP contribution in [0.25, 0.3) is 0 Å². The number of aliphatic carboxylic acids is 4. The molecule has 0 saturated heterocycles. The Morgan fingerprint density at radius 3 is 1.20 bits per heavy atom. The molecule has 2 atom stereocenters. The number of amides is 2. The van der Waals surface area contributed by atoms with Gasteiger partial charge in [-0.2, -0.15) is 0 Å².